The molecule has 1 aliphatic carbocycles. The molecule has 2 nitrogen and oxygen atoms in total. The third-order valence-corrected chi connectivity index (χ3v) is 2.23. The molecule has 0 unspecified atom stereocenters. The molecular formula is C8H12ClNO. The first-order chi connectivity index (χ1) is 5.25. The lowest BCUT2D eigenvalue weighted by Gasteiger charge is -2.16. The smallest absolute Gasteiger partial charge is 0.157 e. The molecule has 11 heavy (non-hydrogen) atoms. The van der Waals surface area contributed by atoms with Gasteiger partial charge in [0.2, 0.25) is 0 Å². The van der Waals surface area contributed by atoms with Gasteiger partial charge < -0.3 is 4.84 Å². The van der Waals surface area contributed by atoms with Crippen molar-refractivity contribution in [2.45, 2.75) is 32.6 Å². The quantitative estimate of drug-likeness (QED) is 0.649. The van der Waals surface area contributed by atoms with Crippen LogP contribution in [0.15, 0.2) is 11.3 Å². The Morgan fingerprint density at radius 3 is 2.55 bits per heavy atom. The fourth-order valence-electron chi connectivity index (χ4n) is 1.40. The minimum Gasteiger partial charge on any atom is -0.302 e. The second-order valence-corrected chi connectivity index (χ2v) is 3.00. The van der Waals surface area contributed by atoms with Crippen LogP contribution in [-0.2, 0) is 4.79 Å². The van der Waals surface area contributed by atoms with Crippen molar-refractivity contribution in [3.8, 4) is 0 Å². The summed E-state index contributed by atoms with van der Waals surface area (Å²) in [4.78, 5) is 13.6. The maximum absolute atomic E-state index is 11.0. The van der Waals surface area contributed by atoms with Crippen LogP contribution in [0.4, 0.5) is 0 Å². The third kappa shape index (κ3) is 1.96. The van der Waals surface area contributed by atoms with Crippen LogP contribution in [0.3, 0.4) is 0 Å². The Labute approximate surface area is 71.7 Å². The van der Waals surface area contributed by atoms with Gasteiger partial charge in [-0.05, 0) is 32.6 Å². The summed E-state index contributed by atoms with van der Waals surface area (Å²) in [6, 6.07) is 0. The molecule has 0 bridgehead atoms. The van der Waals surface area contributed by atoms with Gasteiger partial charge in [-0.25, -0.2) is 0 Å². The Morgan fingerprint density at radius 2 is 2.09 bits per heavy atom. The molecule has 0 aliphatic heterocycles. The highest BCUT2D eigenvalue weighted by molar-refractivity contribution is 6.15. The molecule has 0 saturated heterocycles. The van der Waals surface area contributed by atoms with Gasteiger partial charge in [-0.15, -0.1) is 0 Å². The van der Waals surface area contributed by atoms with Gasteiger partial charge in [-0.3, -0.25) is 4.79 Å². The van der Waals surface area contributed by atoms with Gasteiger partial charge >= 0.3 is 0 Å². The van der Waals surface area contributed by atoms with Crippen molar-refractivity contribution < 1.29 is 4.79 Å². The summed E-state index contributed by atoms with van der Waals surface area (Å²) < 4.78 is 0. The number of carbonyl (C=O) groups is 1. The van der Waals surface area contributed by atoms with Crippen molar-refractivity contribution in [1.82, 2.24) is 4.84 Å². The molecular weight excluding hydrogens is 162 g/mol. The zero-order valence-corrected chi connectivity index (χ0v) is 7.37. The molecule has 0 amide bonds. The SMILES string of the molecule is CC(=O)C1=C(NCl)CCCC1. The van der Waals surface area contributed by atoms with E-state index in [4.69, 9.17) is 11.8 Å². The number of allylic oxidation sites excluding steroid dienone is 2. The minimum atomic E-state index is 0.146. The number of hydrogen-bond acceptors (Lipinski definition) is 2. The van der Waals surface area contributed by atoms with Crippen molar-refractivity contribution >= 4 is 17.6 Å². The predicted octanol–water partition coefficient (Wildman–Crippen LogP) is 2.15. The van der Waals surface area contributed by atoms with Crippen LogP contribution >= 0.6 is 11.8 Å². The van der Waals surface area contributed by atoms with Crippen molar-refractivity contribution in [3.05, 3.63) is 11.3 Å². The maximum atomic E-state index is 11.0. The van der Waals surface area contributed by atoms with Crippen molar-refractivity contribution in [3.63, 3.8) is 0 Å². The predicted molar refractivity (Wildman–Crippen MR) is 45.2 cm³/mol. The molecule has 0 saturated carbocycles. The van der Waals surface area contributed by atoms with E-state index in [1.165, 1.54) is 0 Å². The summed E-state index contributed by atoms with van der Waals surface area (Å²) in [6.07, 6.45) is 4.03. The number of rotatable bonds is 2. The van der Waals surface area contributed by atoms with Crippen LogP contribution in [0.1, 0.15) is 32.6 Å². The highest BCUT2D eigenvalue weighted by atomic mass is 35.5. The highest BCUT2D eigenvalue weighted by Crippen LogP contribution is 2.23. The van der Waals surface area contributed by atoms with Crippen LogP contribution in [0.25, 0.3) is 0 Å². The van der Waals surface area contributed by atoms with Crippen molar-refractivity contribution in [2.24, 2.45) is 0 Å². The van der Waals surface area contributed by atoms with Gasteiger partial charge in [0.05, 0.1) is 0 Å². The van der Waals surface area contributed by atoms with Gasteiger partial charge in [0.25, 0.3) is 0 Å². The van der Waals surface area contributed by atoms with E-state index in [0.29, 0.717) is 0 Å². The number of hydrogen-bond donors (Lipinski definition) is 1. The van der Waals surface area contributed by atoms with Crippen LogP contribution < -0.4 is 4.84 Å². The van der Waals surface area contributed by atoms with Gasteiger partial charge in [-0.1, -0.05) is 0 Å². The fourth-order valence-corrected chi connectivity index (χ4v) is 1.61. The Hall–Kier alpha value is -0.500. The molecule has 1 N–H and O–H groups in total. The number of halogens is 1. The second-order valence-electron chi connectivity index (χ2n) is 2.81. The van der Waals surface area contributed by atoms with Crippen LogP contribution in [0.2, 0.25) is 0 Å². The Morgan fingerprint density at radius 1 is 1.45 bits per heavy atom. The molecule has 62 valence electrons. The van der Waals surface area contributed by atoms with Gasteiger partial charge in [-0.2, -0.15) is 0 Å². The number of carbonyl (C=O) groups excluding carboxylic acids is 1. The number of Topliss-reactive ketones (excluding diaryl/α,β-unsaturated/α-hetero) is 1. The third-order valence-electron chi connectivity index (χ3n) is 2.01. The lowest BCUT2D eigenvalue weighted by molar-refractivity contribution is -0.113. The minimum absolute atomic E-state index is 0.146. The number of nitrogens with one attached hydrogen (secondary N) is 1. The Balaban J connectivity index is 2.81. The first-order valence-electron chi connectivity index (χ1n) is 3.85. The summed E-state index contributed by atoms with van der Waals surface area (Å²) in [5.41, 5.74) is 1.80. The molecule has 1 rings (SSSR count). The zero-order valence-electron chi connectivity index (χ0n) is 6.61. The van der Waals surface area contributed by atoms with E-state index in [9.17, 15) is 4.79 Å². The van der Waals surface area contributed by atoms with E-state index in [-0.39, 0.29) is 5.78 Å². The largest absolute Gasteiger partial charge is 0.302 e. The van der Waals surface area contributed by atoms with Gasteiger partial charge in [0.1, 0.15) is 0 Å². The molecule has 1 aliphatic rings. The van der Waals surface area contributed by atoms with Crippen LogP contribution in [0, 0.1) is 0 Å². The Bertz CT molecular complexity index is 198. The fraction of sp³-hybridized carbons (Fsp3) is 0.625. The summed E-state index contributed by atoms with van der Waals surface area (Å²) in [6.45, 7) is 1.59. The number of ketones is 1. The average molecular weight is 174 g/mol. The van der Waals surface area contributed by atoms with Crippen LogP contribution in [-0.4, -0.2) is 5.78 Å². The monoisotopic (exact) mass is 173 g/mol. The van der Waals surface area contributed by atoms with Crippen LogP contribution in [0.5, 0.6) is 0 Å². The molecule has 0 aromatic heterocycles. The standard InChI is InChI=1S/C8H12ClNO/c1-6(11)7-4-2-3-5-8(7)10-9/h10H,2-5H2,1H3. The maximum Gasteiger partial charge on any atom is 0.157 e. The Kier molecular flexibility index (Phi) is 2.94. The second kappa shape index (κ2) is 3.77. The normalized spacial score (nSPS) is 18.4. The first-order valence-corrected chi connectivity index (χ1v) is 4.23. The molecule has 0 radical (unpaired) electrons. The molecule has 0 spiro atoms. The summed E-state index contributed by atoms with van der Waals surface area (Å²) in [5.74, 6) is 0.146. The van der Waals surface area contributed by atoms with Gasteiger partial charge in [0, 0.05) is 23.0 Å². The lowest BCUT2D eigenvalue weighted by Crippen LogP contribution is -2.13. The zero-order chi connectivity index (χ0) is 8.27. The first kappa shape index (κ1) is 8.60. The molecule has 0 fully saturated rings. The summed E-state index contributed by atoms with van der Waals surface area (Å²) in [5, 5.41) is 0. The molecule has 0 atom stereocenters. The molecule has 0 aromatic carbocycles. The lowest BCUT2D eigenvalue weighted by atomic mass is 9.94. The van der Waals surface area contributed by atoms with Crippen molar-refractivity contribution in [2.75, 3.05) is 0 Å². The highest BCUT2D eigenvalue weighted by Gasteiger charge is 2.14. The summed E-state index contributed by atoms with van der Waals surface area (Å²) in [7, 11) is 0. The van der Waals surface area contributed by atoms with E-state index in [1.807, 2.05) is 0 Å². The summed E-state index contributed by atoms with van der Waals surface area (Å²) >= 11 is 5.46. The average Bonchev–Trinajstić information content (AvgIpc) is 2.04. The van der Waals surface area contributed by atoms with Crippen molar-refractivity contribution in [1.29, 1.82) is 0 Å². The molecule has 0 aromatic rings. The van der Waals surface area contributed by atoms with E-state index in [1.54, 1.807) is 6.92 Å². The molecule has 0 heterocycles. The topological polar surface area (TPSA) is 29.1 Å². The van der Waals surface area contributed by atoms with E-state index >= 15 is 0 Å². The molecule has 3 heteroatoms. The van der Waals surface area contributed by atoms with E-state index in [2.05, 4.69) is 4.84 Å². The van der Waals surface area contributed by atoms with E-state index in [0.717, 1.165) is 37.0 Å². The van der Waals surface area contributed by atoms with E-state index < -0.39 is 0 Å². The van der Waals surface area contributed by atoms with Gasteiger partial charge in [0.15, 0.2) is 5.78 Å².